The van der Waals surface area contributed by atoms with Crippen LogP contribution in [-0.4, -0.2) is 38.2 Å². The van der Waals surface area contributed by atoms with E-state index in [1.54, 1.807) is 56.9 Å². The van der Waals surface area contributed by atoms with Gasteiger partial charge in [-0.3, -0.25) is 4.79 Å². The van der Waals surface area contributed by atoms with Gasteiger partial charge < -0.3 is 10.0 Å². The van der Waals surface area contributed by atoms with Crippen molar-refractivity contribution in [2.45, 2.75) is 59.3 Å². The average Bonchev–Trinajstić information content (AvgIpc) is 3.58. The lowest BCUT2D eigenvalue weighted by Crippen LogP contribution is -2.32. The lowest BCUT2D eigenvalue weighted by molar-refractivity contribution is -0.144. The summed E-state index contributed by atoms with van der Waals surface area (Å²) < 4.78 is 42.4. The third-order valence-corrected chi connectivity index (χ3v) is 6.58. The quantitative estimate of drug-likeness (QED) is 0.421. The van der Waals surface area contributed by atoms with Crippen molar-refractivity contribution in [1.82, 2.24) is 14.7 Å². The Labute approximate surface area is 207 Å². The maximum Gasteiger partial charge on any atom is 0.416 e. The van der Waals surface area contributed by atoms with Crippen LogP contribution in [0.25, 0.3) is 22.2 Å². The van der Waals surface area contributed by atoms with Crippen LogP contribution in [0.15, 0.2) is 42.5 Å². The molecule has 36 heavy (non-hydrogen) atoms. The zero-order chi connectivity index (χ0) is 26.4. The fraction of sp³-hybridized carbons (Fsp3) is 0.444. The Hall–Kier alpha value is -3.36. The molecule has 192 valence electrons. The molecule has 9 heteroatoms. The first-order valence-corrected chi connectivity index (χ1v) is 12.0. The third kappa shape index (κ3) is 4.96. The summed E-state index contributed by atoms with van der Waals surface area (Å²) in [5.74, 6) is -1.18. The number of amides is 1. The highest BCUT2D eigenvalue weighted by atomic mass is 19.4. The number of carbonyl (C=O) groups excluding carboxylic acids is 1. The molecular weight excluding hydrogens is 471 g/mol. The third-order valence-electron chi connectivity index (χ3n) is 6.58. The van der Waals surface area contributed by atoms with E-state index >= 15 is 0 Å². The zero-order valence-corrected chi connectivity index (χ0v) is 20.8. The van der Waals surface area contributed by atoms with Crippen LogP contribution in [0.2, 0.25) is 0 Å². The summed E-state index contributed by atoms with van der Waals surface area (Å²) in [5.41, 5.74) is 0.230. The lowest BCUT2D eigenvalue weighted by atomic mass is 9.87. The van der Waals surface area contributed by atoms with Crippen molar-refractivity contribution < 1.29 is 27.9 Å². The molecule has 0 radical (unpaired) electrons. The van der Waals surface area contributed by atoms with Crippen molar-refractivity contribution in [3.05, 3.63) is 53.6 Å². The van der Waals surface area contributed by atoms with Crippen molar-refractivity contribution in [1.29, 1.82) is 0 Å². The Kier molecular flexibility index (Phi) is 6.62. The number of aliphatic carboxylic acids is 1. The normalized spacial score (nSPS) is 15.2. The summed E-state index contributed by atoms with van der Waals surface area (Å²) in [7, 11) is 0. The minimum Gasteiger partial charge on any atom is -0.480 e. The van der Waals surface area contributed by atoms with Crippen molar-refractivity contribution in [3.63, 3.8) is 0 Å². The predicted molar refractivity (Wildman–Crippen MR) is 130 cm³/mol. The largest absolute Gasteiger partial charge is 0.480 e. The molecule has 1 unspecified atom stereocenters. The molecule has 3 aromatic rings. The fourth-order valence-electron chi connectivity index (χ4n) is 4.60. The molecule has 1 heterocycles. The molecule has 6 nitrogen and oxygen atoms in total. The van der Waals surface area contributed by atoms with Crippen molar-refractivity contribution >= 4 is 22.8 Å². The van der Waals surface area contributed by atoms with Gasteiger partial charge in [0.25, 0.3) is 0 Å². The topological polar surface area (TPSA) is 75.4 Å². The Bertz CT molecular complexity index is 1300. The van der Waals surface area contributed by atoms with E-state index in [0.29, 0.717) is 34.3 Å². The number of nitrogens with zero attached hydrogens (tertiary/aromatic N) is 3. The van der Waals surface area contributed by atoms with Crippen LogP contribution in [0.1, 0.15) is 57.7 Å². The summed E-state index contributed by atoms with van der Waals surface area (Å²) in [6, 6.07) is 9.54. The van der Waals surface area contributed by atoms with E-state index in [0.717, 1.165) is 25.0 Å². The lowest BCUT2D eigenvalue weighted by Gasteiger charge is -2.27. The molecule has 1 atom stereocenters. The summed E-state index contributed by atoms with van der Waals surface area (Å²) in [6.45, 7) is 7.58. The number of hydrogen-bond donors (Lipinski definition) is 1. The van der Waals surface area contributed by atoms with E-state index in [1.165, 1.54) is 10.7 Å². The smallest absolute Gasteiger partial charge is 0.416 e. The monoisotopic (exact) mass is 501 g/mol. The van der Waals surface area contributed by atoms with Crippen molar-refractivity contribution in [3.8, 4) is 11.3 Å². The number of para-hydroxylation sites is 1. The highest BCUT2D eigenvalue weighted by Crippen LogP contribution is 2.40. The van der Waals surface area contributed by atoms with Gasteiger partial charge in [0, 0.05) is 30.0 Å². The number of carboxylic acids is 1. The molecule has 0 bridgehead atoms. The first-order chi connectivity index (χ1) is 16.8. The molecule has 1 aliphatic carbocycles. The number of rotatable bonds is 7. The molecule has 0 saturated heterocycles. The van der Waals surface area contributed by atoms with Gasteiger partial charge >= 0.3 is 12.1 Å². The number of carboxylic acid groups (broad SMARTS) is 1. The van der Waals surface area contributed by atoms with Gasteiger partial charge in [-0.25, -0.2) is 9.48 Å². The molecule has 0 aliphatic heterocycles. The molecule has 1 N–H and O–H groups in total. The molecule has 1 aromatic heterocycles. The summed E-state index contributed by atoms with van der Waals surface area (Å²) in [6.07, 6.45) is -2.96. The summed E-state index contributed by atoms with van der Waals surface area (Å²) in [4.78, 5) is 26.6. The highest BCUT2D eigenvalue weighted by Gasteiger charge is 2.37. The van der Waals surface area contributed by atoms with E-state index in [2.05, 4.69) is 5.10 Å². The van der Waals surface area contributed by atoms with Gasteiger partial charge in [0.1, 0.15) is 5.69 Å². The van der Waals surface area contributed by atoms with Gasteiger partial charge in [0.2, 0.25) is 5.91 Å². The molecule has 1 amide bonds. The summed E-state index contributed by atoms with van der Waals surface area (Å²) >= 11 is 0. The Morgan fingerprint density at radius 3 is 2.36 bits per heavy atom. The number of fused-ring (bicyclic) bond motifs is 1. The predicted octanol–water partition coefficient (Wildman–Crippen LogP) is 6.15. The first kappa shape index (κ1) is 25.7. The van der Waals surface area contributed by atoms with E-state index < -0.39 is 29.2 Å². The van der Waals surface area contributed by atoms with Crippen molar-refractivity contribution in [2.75, 3.05) is 6.54 Å². The van der Waals surface area contributed by atoms with Gasteiger partial charge in [0.05, 0.1) is 11.1 Å². The van der Waals surface area contributed by atoms with E-state index in [1.807, 2.05) is 0 Å². The van der Waals surface area contributed by atoms with Crippen molar-refractivity contribution in [2.24, 2.45) is 11.3 Å². The Balaban J connectivity index is 1.91. The van der Waals surface area contributed by atoms with Gasteiger partial charge in [-0.05, 0) is 48.9 Å². The number of halogens is 3. The van der Waals surface area contributed by atoms with E-state index in [4.69, 9.17) is 0 Å². The Morgan fingerprint density at radius 2 is 1.81 bits per heavy atom. The van der Waals surface area contributed by atoms with Gasteiger partial charge in [-0.1, -0.05) is 45.0 Å². The molecule has 4 rings (SSSR count). The van der Waals surface area contributed by atoms with Crippen LogP contribution in [0, 0.1) is 11.3 Å². The fourth-order valence-corrected chi connectivity index (χ4v) is 4.60. The van der Waals surface area contributed by atoms with Crippen LogP contribution < -0.4 is 0 Å². The maximum atomic E-state index is 13.6. The number of alkyl halides is 3. The SMILES string of the molecule is CCN(Cc1cc(C(F)(F)F)ccc1-c1nn(C(C(=O)O)C(C)(C)C)c2ccccc12)C(=O)C1CC1. The van der Waals surface area contributed by atoms with Crippen LogP contribution >= 0.6 is 0 Å². The maximum absolute atomic E-state index is 13.6. The zero-order valence-electron chi connectivity index (χ0n) is 20.8. The Morgan fingerprint density at radius 1 is 1.14 bits per heavy atom. The molecule has 0 spiro atoms. The molecule has 1 aliphatic rings. The van der Waals surface area contributed by atoms with Crippen LogP contribution in [0.4, 0.5) is 13.2 Å². The first-order valence-electron chi connectivity index (χ1n) is 12.0. The number of carbonyl (C=O) groups is 2. The minimum absolute atomic E-state index is 0.00784. The van der Waals surface area contributed by atoms with E-state index in [-0.39, 0.29) is 18.4 Å². The number of aromatic nitrogens is 2. The minimum atomic E-state index is -4.55. The summed E-state index contributed by atoms with van der Waals surface area (Å²) in [5, 5.41) is 15.3. The van der Waals surface area contributed by atoms with Gasteiger partial charge in [-0.2, -0.15) is 18.3 Å². The molecular formula is C27H30F3N3O3. The number of hydrogen-bond acceptors (Lipinski definition) is 3. The molecule has 1 saturated carbocycles. The van der Waals surface area contributed by atoms with Crippen LogP contribution in [0.5, 0.6) is 0 Å². The van der Waals surface area contributed by atoms with Gasteiger partial charge in [-0.15, -0.1) is 0 Å². The standard InChI is InChI=1S/C27H30F3N3O3/c1-5-32(24(34)16-10-11-16)15-17-14-18(27(28,29)30)12-13-19(17)22-20-8-6-7-9-21(20)33(31-22)23(25(35)36)26(2,3)4/h6-9,12-14,16,23H,5,10-11,15H2,1-4H3,(H,35,36). The average molecular weight is 502 g/mol. The van der Waals surface area contributed by atoms with E-state index in [9.17, 15) is 27.9 Å². The highest BCUT2D eigenvalue weighted by molar-refractivity contribution is 5.95. The van der Waals surface area contributed by atoms with Crippen LogP contribution in [0.3, 0.4) is 0 Å². The second kappa shape index (κ2) is 9.26. The molecule has 1 fully saturated rings. The second-order valence-corrected chi connectivity index (χ2v) is 10.4. The van der Waals surface area contributed by atoms with Crippen LogP contribution in [-0.2, 0) is 22.3 Å². The number of benzene rings is 2. The van der Waals surface area contributed by atoms with Gasteiger partial charge in [0.15, 0.2) is 6.04 Å². The molecule has 2 aromatic carbocycles. The second-order valence-electron chi connectivity index (χ2n) is 10.4.